The summed E-state index contributed by atoms with van der Waals surface area (Å²) in [6.45, 7) is 0. The van der Waals surface area contributed by atoms with Crippen LogP contribution in [0, 0.1) is 17.1 Å². The molecule has 6 heteroatoms. The van der Waals surface area contributed by atoms with Crippen LogP contribution in [-0.2, 0) is 4.79 Å². The van der Waals surface area contributed by atoms with Crippen molar-refractivity contribution in [2.24, 2.45) is 0 Å². The Morgan fingerprint density at radius 1 is 1.62 bits per heavy atom. The smallest absolute Gasteiger partial charge is 0.234 e. The van der Waals surface area contributed by atoms with E-state index in [-0.39, 0.29) is 28.1 Å². The van der Waals surface area contributed by atoms with Gasteiger partial charge in [-0.3, -0.25) is 4.79 Å². The van der Waals surface area contributed by atoms with Crippen molar-refractivity contribution in [1.29, 1.82) is 5.26 Å². The first-order valence-corrected chi connectivity index (χ1v) is 5.87. The molecule has 1 rings (SSSR count). The zero-order chi connectivity index (χ0) is 12.0. The van der Waals surface area contributed by atoms with Gasteiger partial charge in [-0.15, -0.1) is 11.8 Å². The highest BCUT2D eigenvalue weighted by molar-refractivity contribution is 8.00. The molecule has 0 atom stereocenters. The van der Waals surface area contributed by atoms with Crippen molar-refractivity contribution >= 4 is 35.0 Å². The number of thioether (sulfide) groups is 1. The summed E-state index contributed by atoms with van der Waals surface area (Å²) in [5.41, 5.74) is 0.0510. The van der Waals surface area contributed by atoms with Crippen molar-refractivity contribution in [2.75, 3.05) is 16.8 Å². The molecular formula is C10H8ClFN2OS. The normalized spacial score (nSPS) is 9.56. The third kappa shape index (κ3) is 3.72. The van der Waals surface area contributed by atoms with Crippen LogP contribution in [0.25, 0.3) is 0 Å². The van der Waals surface area contributed by atoms with E-state index in [2.05, 4.69) is 5.32 Å². The summed E-state index contributed by atoms with van der Waals surface area (Å²) in [7, 11) is 0. The SMILES string of the molecule is N#CCSCC(=O)Nc1cccc(Cl)c1F. The summed E-state index contributed by atoms with van der Waals surface area (Å²) in [6, 6.07) is 6.26. The minimum absolute atomic E-state index is 0.0394. The molecule has 84 valence electrons. The van der Waals surface area contributed by atoms with E-state index >= 15 is 0 Å². The molecule has 1 amide bonds. The highest BCUT2D eigenvalue weighted by atomic mass is 35.5. The van der Waals surface area contributed by atoms with Gasteiger partial charge in [0, 0.05) is 0 Å². The van der Waals surface area contributed by atoms with E-state index in [1.807, 2.05) is 6.07 Å². The molecule has 0 aromatic heterocycles. The fourth-order valence-electron chi connectivity index (χ4n) is 0.976. The summed E-state index contributed by atoms with van der Waals surface area (Å²) in [6.07, 6.45) is 0. The molecule has 16 heavy (non-hydrogen) atoms. The predicted octanol–water partition coefficient (Wildman–Crippen LogP) is 2.67. The Kier molecular flexibility index (Phi) is 5.09. The average molecular weight is 259 g/mol. The van der Waals surface area contributed by atoms with Gasteiger partial charge < -0.3 is 5.32 Å². The van der Waals surface area contributed by atoms with Crippen LogP contribution in [0.2, 0.25) is 5.02 Å². The van der Waals surface area contributed by atoms with Crippen LogP contribution in [-0.4, -0.2) is 17.4 Å². The van der Waals surface area contributed by atoms with E-state index in [9.17, 15) is 9.18 Å². The topological polar surface area (TPSA) is 52.9 Å². The number of nitrogens with zero attached hydrogens (tertiary/aromatic N) is 1. The lowest BCUT2D eigenvalue weighted by Crippen LogP contribution is -2.15. The Hall–Kier alpha value is -1.25. The summed E-state index contributed by atoms with van der Waals surface area (Å²) >= 11 is 6.71. The molecule has 0 unspecified atom stereocenters. The molecule has 0 heterocycles. The van der Waals surface area contributed by atoms with Gasteiger partial charge in [-0.1, -0.05) is 17.7 Å². The molecule has 0 aliphatic carbocycles. The summed E-state index contributed by atoms with van der Waals surface area (Å²) in [5.74, 6) is -0.672. The average Bonchev–Trinajstić information content (AvgIpc) is 2.25. The molecule has 0 aliphatic heterocycles. The number of carbonyl (C=O) groups is 1. The second kappa shape index (κ2) is 6.36. The summed E-state index contributed by atoms with van der Waals surface area (Å²) < 4.78 is 13.3. The highest BCUT2D eigenvalue weighted by Gasteiger charge is 2.09. The number of carbonyl (C=O) groups excluding carboxylic acids is 1. The number of amides is 1. The largest absolute Gasteiger partial charge is 0.323 e. The van der Waals surface area contributed by atoms with Crippen LogP contribution >= 0.6 is 23.4 Å². The zero-order valence-corrected chi connectivity index (χ0v) is 9.74. The fourth-order valence-corrected chi connectivity index (χ4v) is 1.60. The van der Waals surface area contributed by atoms with E-state index in [1.165, 1.54) is 12.1 Å². The van der Waals surface area contributed by atoms with Gasteiger partial charge in [-0.25, -0.2) is 4.39 Å². The number of rotatable bonds is 4. The number of halogens is 2. The third-order valence-corrected chi connectivity index (χ3v) is 2.72. The molecule has 0 aliphatic rings. The van der Waals surface area contributed by atoms with Crippen LogP contribution in [0.4, 0.5) is 10.1 Å². The maximum atomic E-state index is 13.3. The molecular weight excluding hydrogens is 251 g/mol. The summed E-state index contributed by atoms with van der Waals surface area (Å²) in [5, 5.41) is 10.6. The molecule has 1 aromatic carbocycles. The van der Waals surface area contributed by atoms with Crippen LogP contribution in [0.3, 0.4) is 0 Å². The van der Waals surface area contributed by atoms with E-state index in [0.29, 0.717) is 0 Å². The Balaban J connectivity index is 2.57. The zero-order valence-electron chi connectivity index (χ0n) is 8.17. The number of benzene rings is 1. The monoisotopic (exact) mass is 258 g/mol. The Labute approximate surface area is 102 Å². The number of nitriles is 1. The molecule has 1 N–H and O–H groups in total. The minimum Gasteiger partial charge on any atom is -0.323 e. The first kappa shape index (κ1) is 12.8. The molecule has 0 spiro atoms. The Morgan fingerprint density at radius 3 is 3.06 bits per heavy atom. The maximum Gasteiger partial charge on any atom is 0.234 e. The van der Waals surface area contributed by atoms with Gasteiger partial charge in [0.25, 0.3) is 0 Å². The second-order valence-electron chi connectivity index (χ2n) is 2.80. The van der Waals surface area contributed by atoms with Crippen molar-refractivity contribution < 1.29 is 9.18 Å². The van der Waals surface area contributed by atoms with Gasteiger partial charge in [-0.05, 0) is 12.1 Å². The number of hydrogen-bond donors (Lipinski definition) is 1. The van der Waals surface area contributed by atoms with Crippen molar-refractivity contribution in [3.63, 3.8) is 0 Å². The first-order valence-electron chi connectivity index (χ1n) is 4.33. The molecule has 3 nitrogen and oxygen atoms in total. The van der Waals surface area contributed by atoms with Crippen LogP contribution in [0.5, 0.6) is 0 Å². The number of hydrogen-bond acceptors (Lipinski definition) is 3. The Morgan fingerprint density at radius 2 is 2.38 bits per heavy atom. The molecule has 0 bridgehead atoms. The van der Waals surface area contributed by atoms with E-state index in [1.54, 1.807) is 6.07 Å². The van der Waals surface area contributed by atoms with Gasteiger partial charge in [0.05, 0.1) is 28.3 Å². The lowest BCUT2D eigenvalue weighted by Gasteiger charge is -2.06. The standard InChI is InChI=1S/C10H8ClFN2OS/c11-7-2-1-3-8(10(7)12)14-9(15)6-16-5-4-13/h1-3H,5-6H2,(H,14,15). The van der Waals surface area contributed by atoms with E-state index in [4.69, 9.17) is 16.9 Å². The lowest BCUT2D eigenvalue weighted by molar-refractivity contribution is -0.113. The van der Waals surface area contributed by atoms with Gasteiger partial charge in [0.15, 0.2) is 5.82 Å². The van der Waals surface area contributed by atoms with Crippen molar-refractivity contribution in [3.05, 3.63) is 29.0 Å². The third-order valence-electron chi connectivity index (χ3n) is 1.63. The Bertz CT molecular complexity index is 433. The van der Waals surface area contributed by atoms with Crippen LogP contribution in [0.1, 0.15) is 0 Å². The quantitative estimate of drug-likeness (QED) is 0.845. The van der Waals surface area contributed by atoms with Crippen LogP contribution < -0.4 is 5.32 Å². The maximum absolute atomic E-state index is 13.3. The van der Waals surface area contributed by atoms with Crippen molar-refractivity contribution in [1.82, 2.24) is 0 Å². The first-order chi connectivity index (χ1) is 7.65. The van der Waals surface area contributed by atoms with Gasteiger partial charge >= 0.3 is 0 Å². The number of nitrogens with one attached hydrogen (secondary N) is 1. The highest BCUT2D eigenvalue weighted by Crippen LogP contribution is 2.21. The predicted molar refractivity (Wildman–Crippen MR) is 63.0 cm³/mol. The van der Waals surface area contributed by atoms with Crippen molar-refractivity contribution in [2.45, 2.75) is 0 Å². The number of anilines is 1. The fraction of sp³-hybridized carbons (Fsp3) is 0.200. The molecule has 1 aromatic rings. The van der Waals surface area contributed by atoms with Crippen LogP contribution in [0.15, 0.2) is 18.2 Å². The lowest BCUT2D eigenvalue weighted by atomic mass is 10.3. The van der Waals surface area contributed by atoms with Gasteiger partial charge in [0.1, 0.15) is 0 Å². The molecule has 0 saturated heterocycles. The van der Waals surface area contributed by atoms with Gasteiger partial charge in [-0.2, -0.15) is 5.26 Å². The van der Waals surface area contributed by atoms with Crippen molar-refractivity contribution in [3.8, 4) is 6.07 Å². The van der Waals surface area contributed by atoms with E-state index < -0.39 is 5.82 Å². The summed E-state index contributed by atoms with van der Waals surface area (Å²) in [4.78, 5) is 11.3. The minimum atomic E-state index is -0.650. The molecule has 0 fully saturated rings. The van der Waals surface area contributed by atoms with Gasteiger partial charge in [0.2, 0.25) is 5.91 Å². The molecule has 0 radical (unpaired) electrons. The molecule has 0 saturated carbocycles. The second-order valence-corrected chi connectivity index (χ2v) is 4.19. The van der Waals surface area contributed by atoms with E-state index in [0.717, 1.165) is 11.8 Å².